The van der Waals surface area contributed by atoms with Crippen molar-refractivity contribution in [3.8, 4) is 11.6 Å². The van der Waals surface area contributed by atoms with Crippen LogP contribution in [-0.2, 0) is 6.42 Å². The number of hydrogen-bond acceptors (Lipinski definition) is 4. The molecular formula is C32H33N3O2. The third kappa shape index (κ3) is 6.43. The van der Waals surface area contributed by atoms with E-state index < -0.39 is 5.91 Å². The van der Waals surface area contributed by atoms with Crippen molar-refractivity contribution in [1.82, 2.24) is 9.88 Å². The number of piperidine rings is 1. The molecule has 0 radical (unpaired) electrons. The van der Waals surface area contributed by atoms with E-state index in [4.69, 9.17) is 10.5 Å². The highest BCUT2D eigenvalue weighted by atomic mass is 16.5. The third-order valence-electron chi connectivity index (χ3n) is 7.30. The fraction of sp³-hybridized carbons (Fsp3) is 0.250. The molecule has 0 spiro atoms. The Bertz CT molecular complexity index is 1230. The molecule has 2 heterocycles. The molecule has 1 aliphatic rings. The summed E-state index contributed by atoms with van der Waals surface area (Å²) in [4.78, 5) is 17.9. The number of rotatable bonds is 9. The van der Waals surface area contributed by atoms with Crippen molar-refractivity contribution in [1.29, 1.82) is 0 Å². The highest BCUT2D eigenvalue weighted by molar-refractivity contribution is 5.92. The lowest BCUT2D eigenvalue weighted by Gasteiger charge is -2.36. The van der Waals surface area contributed by atoms with E-state index in [2.05, 4.69) is 82.7 Å². The van der Waals surface area contributed by atoms with Gasteiger partial charge < -0.3 is 15.4 Å². The summed E-state index contributed by atoms with van der Waals surface area (Å²) in [6.07, 6.45) is 4.86. The molecule has 5 nitrogen and oxygen atoms in total. The SMILES string of the molecule is NC(=O)c1ccc(Oc2ccc(CCN3CCC(C(c4ccccc4)c4ccccc4)CC3)cc2)nc1. The number of carbonyl (C=O) groups is 1. The molecule has 0 aliphatic carbocycles. The van der Waals surface area contributed by atoms with Crippen LogP contribution < -0.4 is 10.5 Å². The molecule has 0 saturated carbocycles. The van der Waals surface area contributed by atoms with Gasteiger partial charge in [0.05, 0.1) is 5.56 Å². The van der Waals surface area contributed by atoms with Crippen molar-refractivity contribution in [2.45, 2.75) is 25.2 Å². The molecule has 3 aromatic carbocycles. The second kappa shape index (κ2) is 11.8. The average molecular weight is 492 g/mol. The minimum atomic E-state index is -0.500. The summed E-state index contributed by atoms with van der Waals surface area (Å²) < 4.78 is 5.80. The van der Waals surface area contributed by atoms with Crippen LogP contribution in [0.25, 0.3) is 0 Å². The monoisotopic (exact) mass is 491 g/mol. The predicted molar refractivity (Wildman–Crippen MR) is 147 cm³/mol. The smallest absolute Gasteiger partial charge is 0.250 e. The Balaban J connectivity index is 1.13. The molecule has 2 N–H and O–H groups in total. The van der Waals surface area contributed by atoms with Gasteiger partial charge in [-0.3, -0.25) is 4.79 Å². The number of ether oxygens (including phenoxy) is 1. The molecule has 1 aromatic heterocycles. The van der Waals surface area contributed by atoms with Gasteiger partial charge in [0.1, 0.15) is 5.75 Å². The topological polar surface area (TPSA) is 68.5 Å². The zero-order valence-corrected chi connectivity index (χ0v) is 21.0. The highest BCUT2D eigenvalue weighted by Gasteiger charge is 2.28. The summed E-state index contributed by atoms with van der Waals surface area (Å²) in [6.45, 7) is 3.33. The van der Waals surface area contributed by atoms with Gasteiger partial charge in [0.15, 0.2) is 0 Å². The van der Waals surface area contributed by atoms with Gasteiger partial charge in [-0.1, -0.05) is 72.8 Å². The molecule has 37 heavy (non-hydrogen) atoms. The number of amides is 1. The first kappa shape index (κ1) is 24.7. The fourth-order valence-electron chi connectivity index (χ4n) is 5.29. The Kier molecular flexibility index (Phi) is 7.92. The molecule has 0 unspecified atom stereocenters. The van der Waals surface area contributed by atoms with Gasteiger partial charge in [-0.15, -0.1) is 0 Å². The summed E-state index contributed by atoms with van der Waals surface area (Å²) in [5.74, 6) is 1.77. The summed E-state index contributed by atoms with van der Waals surface area (Å²) >= 11 is 0. The van der Waals surface area contributed by atoms with E-state index in [1.165, 1.54) is 35.7 Å². The summed E-state index contributed by atoms with van der Waals surface area (Å²) in [7, 11) is 0. The Labute approximate surface area is 218 Å². The van der Waals surface area contributed by atoms with Crippen molar-refractivity contribution >= 4 is 5.91 Å². The molecule has 1 fully saturated rings. The molecule has 5 heteroatoms. The Morgan fingerprint density at radius 2 is 1.49 bits per heavy atom. The maximum absolute atomic E-state index is 11.2. The lowest BCUT2D eigenvalue weighted by atomic mass is 9.76. The van der Waals surface area contributed by atoms with Gasteiger partial charge in [-0.2, -0.15) is 0 Å². The van der Waals surface area contributed by atoms with E-state index in [-0.39, 0.29) is 0 Å². The third-order valence-corrected chi connectivity index (χ3v) is 7.30. The molecule has 1 amide bonds. The predicted octanol–water partition coefficient (Wildman–Crippen LogP) is 6.06. The van der Waals surface area contributed by atoms with Crippen molar-refractivity contribution in [3.63, 3.8) is 0 Å². The second-order valence-electron chi connectivity index (χ2n) is 9.72. The Morgan fingerprint density at radius 1 is 0.865 bits per heavy atom. The van der Waals surface area contributed by atoms with E-state index in [1.54, 1.807) is 12.1 Å². The maximum Gasteiger partial charge on any atom is 0.250 e. The number of benzene rings is 3. The van der Waals surface area contributed by atoms with Gasteiger partial charge in [-0.25, -0.2) is 4.98 Å². The highest BCUT2D eigenvalue weighted by Crippen LogP contribution is 2.38. The zero-order valence-electron chi connectivity index (χ0n) is 21.0. The number of nitrogens with two attached hydrogens (primary N) is 1. The number of carbonyl (C=O) groups excluding carboxylic acids is 1. The van der Waals surface area contributed by atoms with Crippen molar-refractivity contribution in [3.05, 3.63) is 126 Å². The van der Waals surface area contributed by atoms with Crippen LogP contribution in [0.15, 0.2) is 103 Å². The normalized spacial score (nSPS) is 14.5. The lowest BCUT2D eigenvalue weighted by Crippen LogP contribution is -2.37. The maximum atomic E-state index is 11.2. The van der Waals surface area contributed by atoms with Gasteiger partial charge in [0.25, 0.3) is 0 Å². The van der Waals surface area contributed by atoms with E-state index in [0.717, 1.165) is 31.8 Å². The fourth-order valence-corrected chi connectivity index (χ4v) is 5.29. The molecule has 1 saturated heterocycles. The minimum absolute atomic E-state index is 0.363. The molecule has 188 valence electrons. The Hall–Kier alpha value is -3.96. The Morgan fingerprint density at radius 3 is 2.03 bits per heavy atom. The minimum Gasteiger partial charge on any atom is -0.439 e. The largest absolute Gasteiger partial charge is 0.439 e. The van der Waals surface area contributed by atoms with Crippen LogP contribution in [0.1, 0.15) is 45.8 Å². The van der Waals surface area contributed by atoms with Crippen LogP contribution in [0.5, 0.6) is 11.6 Å². The molecule has 4 aromatic rings. The molecule has 1 aliphatic heterocycles. The molecule has 5 rings (SSSR count). The zero-order chi connectivity index (χ0) is 25.5. The molecular weight excluding hydrogens is 458 g/mol. The average Bonchev–Trinajstić information content (AvgIpc) is 2.95. The molecule has 0 bridgehead atoms. The number of primary amides is 1. The van der Waals surface area contributed by atoms with E-state index in [9.17, 15) is 4.79 Å². The summed E-state index contributed by atoms with van der Waals surface area (Å²) in [6, 6.07) is 33.4. The van der Waals surface area contributed by atoms with Gasteiger partial charge >= 0.3 is 0 Å². The van der Waals surface area contributed by atoms with Crippen LogP contribution in [0.2, 0.25) is 0 Å². The quantitative estimate of drug-likeness (QED) is 0.309. The lowest BCUT2D eigenvalue weighted by molar-refractivity contribution is 0.1000. The van der Waals surface area contributed by atoms with Crippen LogP contribution >= 0.6 is 0 Å². The first-order valence-corrected chi connectivity index (χ1v) is 13.0. The standard InChI is InChI=1S/C32H33N3O2/c33-32(36)28-13-16-30(34-23-28)37-29-14-11-24(12-15-29)17-20-35-21-18-27(19-22-35)31(25-7-3-1-4-8-25)26-9-5-2-6-10-26/h1-16,23,27,31H,17-22H2,(H2,33,36). The van der Waals surface area contributed by atoms with Crippen molar-refractivity contribution < 1.29 is 9.53 Å². The van der Waals surface area contributed by atoms with Crippen molar-refractivity contribution in [2.24, 2.45) is 11.7 Å². The number of aromatic nitrogens is 1. The number of pyridine rings is 1. The number of nitrogens with zero attached hydrogens (tertiary/aromatic N) is 2. The molecule has 0 atom stereocenters. The van der Waals surface area contributed by atoms with Crippen LogP contribution in [-0.4, -0.2) is 35.4 Å². The van der Waals surface area contributed by atoms with Crippen LogP contribution in [0.4, 0.5) is 0 Å². The van der Waals surface area contributed by atoms with Crippen molar-refractivity contribution in [2.75, 3.05) is 19.6 Å². The van der Waals surface area contributed by atoms with E-state index in [0.29, 0.717) is 23.3 Å². The number of hydrogen-bond donors (Lipinski definition) is 1. The van der Waals surface area contributed by atoms with Gasteiger partial charge in [-0.05, 0) is 73.2 Å². The van der Waals surface area contributed by atoms with Gasteiger partial charge in [0, 0.05) is 24.7 Å². The van der Waals surface area contributed by atoms with E-state index in [1.807, 2.05) is 12.1 Å². The second-order valence-corrected chi connectivity index (χ2v) is 9.72. The summed E-state index contributed by atoms with van der Waals surface area (Å²) in [5, 5.41) is 0. The van der Waals surface area contributed by atoms with Crippen LogP contribution in [0.3, 0.4) is 0 Å². The van der Waals surface area contributed by atoms with Gasteiger partial charge in [0.2, 0.25) is 11.8 Å². The summed E-state index contributed by atoms with van der Waals surface area (Å²) in [5.41, 5.74) is 9.76. The first-order valence-electron chi connectivity index (χ1n) is 13.0. The number of likely N-dealkylation sites (tertiary alicyclic amines) is 1. The van der Waals surface area contributed by atoms with Crippen LogP contribution in [0, 0.1) is 5.92 Å². The first-order chi connectivity index (χ1) is 18.2. The van der Waals surface area contributed by atoms with E-state index >= 15 is 0 Å².